The number of benzene rings is 1. The Morgan fingerprint density at radius 3 is 2.86 bits per heavy atom. The third-order valence-electron chi connectivity index (χ3n) is 3.60. The third kappa shape index (κ3) is 2.74. The van der Waals surface area contributed by atoms with Crippen molar-refractivity contribution >= 4 is 45.3 Å². The van der Waals surface area contributed by atoms with Crippen LogP contribution in [0.4, 0.5) is 0 Å². The third-order valence-corrected chi connectivity index (χ3v) is 4.49. The molecule has 0 bridgehead atoms. The number of imidazole rings is 1. The molecule has 0 aliphatic heterocycles. The van der Waals surface area contributed by atoms with Crippen molar-refractivity contribution in [1.82, 2.24) is 14.5 Å². The Balaban J connectivity index is 2.23. The molecule has 0 saturated carbocycles. The van der Waals surface area contributed by atoms with Crippen LogP contribution in [-0.2, 0) is 6.54 Å². The normalized spacial score (nSPS) is 13.1. The van der Waals surface area contributed by atoms with E-state index in [0.717, 1.165) is 46.5 Å². The number of hydrogen-bond acceptors (Lipinski definition) is 3. The molecule has 0 saturated heterocycles. The zero-order valence-electron chi connectivity index (χ0n) is 12.2. The van der Waals surface area contributed by atoms with Gasteiger partial charge in [0.15, 0.2) is 0 Å². The minimum atomic E-state index is -0.106. The quantitative estimate of drug-likeness (QED) is 0.507. The maximum atomic E-state index is 6.33. The Bertz CT molecular complexity index is 767. The van der Waals surface area contributed by atoms with E-state index >= 15 is 0 Å². The van der Waals surface area contributed by atoms with Crippen LogP contribution in [-0.4, -0.2) is 26.5 Å². The lowest BCUT2D eigenvalue weighted by molar-refractivity contribution is 0.660. The van der Waals surface area contributed by atoms with Gasteiger partial charge in [-0.05, 0) is 31.4 Å². The van der Waals surface area contributed by atoms with Crippen molar-refractivity contribution in [3.8, 4) is 0 Å². The van der Waals surface area contributed by atoms with Crippen LogP contribution in [0.25, 0.3) is 21.9 Å². The summed E-state index contributed by atoms with van der Waals surface area (Å²) in [6.07, 6.45) is 5.10. The maximum absolute atomic E-state index is 6.33. The second kappa shape index (κ2) is 6.24. The SMILES string of the molecule is CSCCCn1c(C(C)Cl)nc2cnc3ccccc3c21. The van der Waals surface area contributed by atoms with Crippen molar-refractivity contribution in [3.05, 3.63) is 36.3 Å². The second-order valence-electron chi connectivity index (χ2n) is 5.09. The predicted octanol–water partition coefficient (Wildman–Crippen LogP) is 4.64. The number of pyridine rings is 1. The van der Waals surface area contributed by atoms with Gasteiger partial charge in [-0.15, -0.1) is 11.6 Å². The van der Waals surface area contributed by atoms with Gasteiger partial charge in [0, 0.05) is 11.9 Å². The molecule has 1 atom stereocenters. The van der Waals surface area contributed by atoms with Gasteiger partial charge in [0.1, 0.15) is 11.3 Å². The van der Waals surface area contributed by atoms with Crippen molar-refractivity contribution in [1.29, 1.82) is 0 Å². The number of aryl methyl sites for hydroxylation is 1. The molecule has 3 nitrogen and oxygen atoms in total. The summed E-state index contributed by atoms with van der Waals surface area (Å²) in [5.74, 6) is 2.07. The van der Waals surface area contributed by atoms with Crippen LogP contribution < -0.4 is 0 Å². The van der Waals surface area contributed by atoms with E-state index < -0.39 is 0 Å². The van der Waals surface area contributed by atoms with Crippen molar-refractivity contribution < 1.29 is 0 Å². The number of hydrogen-bond donors (Lipinski definition) is 0. The first kappa shape index (κ1) is 14.7. The average Bonchev–Trinajstić information content (AvgIpc) is 2.87. The zero-order valence-corrected chi connectivity index (χ0v) is 13.8. The molecule has 2 aromatic heterocycles. The van der Waals surface area contributed by atoms with Gasteiger partial charge in [-0.2, -0.15) is 11.8 Å². The molecule has 110 valence electrons. The van der Waals surface area contributed by atoms with Crippen LogP contribution in [0, 0.1) is 0 Å². The predicted molar refractivity (Wildman–Crippen MR) is 92.3 cm³/mol. The van der Waals surface area contributed by atoms with Gasteiger partial charge in [-0.25, -0.2) is 4.98 Å². The van der Waals surface area contributed by atoms with E-state index in [1.807, 2.05) is 43.1 Å². The molecule has 3 aromatic rings. The highest BCUT2D eigenvalue weighted by Crippen LogP contribution is 2.29. The average molecular weight is 320 g/mol. The molecule has 1 aromatic carbocycles. The van der Waals surface area contributed by atoms with E-state index in [0.29, 0.717) is 0 Å². The summed E-state index contributed by atoms with van der Waals surface area (Å²) >= 11 is 8.20. The van der Waals surface area contributed by atoms with Gasteiger partial charge in [0.2, 0.25) is 0 Å². The Hall–Kier alpha value is -1.26. The zero-order chi connectivity index (χ0) is 14.8. The number of nitrogens with zero attached hydrogens (tertiary/aromatic N) is 3. The number of halogens is 1. The topological polar surface area (TPSA) is 30.7 Å². The lowest BCUT2D eigenvalue weighted by Gasteiger charge is -2.11. The molecule has 0 amide bonds. The Morgan fingerprint density at radius 2 is 2.10 bits per heavy atom. The summed E-state index contributed by atoms with van der Waals surface area (Å²) in [4.78, 5) is 9.20. The van der Waals surface area contributed by atoms with E-state index in [2.05, 4.69) is 21.9 Å². The summed E-state index contributed by atoms with van der Waals surface area (Å²) < 4.78 is 2.27. The second-order valence-corrected chi connectivity index (χ2v) is 6.73. The van der Waals surface area contributed by atoms with Gasteiger partial charge in [-0.1, -0.05) is 18.2 Å². The number of thioether (sulfide) groups is 1. The fourth-order valence-corrected chi connectivity index (χ4v) is 3.26. The standard InChI is InChI=1S/C16H18ClN3S/c1-11(17)16-19-14-10-18-13-7-4-3-6-12(13)15(14)20(16)8-5-9-21-2/h3-4,6-7,10-11H,5,8-9H2,1-2H3. The first-order valence-electron chi connectivity index (χ1n) is 7.09. The van der Waals surface area contributed by atoms with Gasteiger partial charge in [0.25, 0.3) is 0 Å². The number of para-hydroxylation sites is 1. The molecule has 2 heterocycles. The molecule has 0 aliphatic rings. The van der Waals surface area contributed by atoms with Gasteiger partial charge >= 0.3 is 0 Å². The summed E-state index contributed by atoms with van der Waals surface area (Å²) in [6, 6.07) is 8.21. The number of fused-ring (bicyclic) bond motifs is 3. The molecule has 3 rings (SSSR count). The molecular weight excluding hydrogens is 302 g/mol. The number of rotatable bonds is 5. The minimum absolute atomic E-state index is 0.106. The fraction of sp³-hybridized carbons (Fsp3) is 0.375. The molecule has 0 aliphatic carbocycles. The maximum Gasteiger partial charge on any atom is 0.127 e. The van der Waals surface area contributed by atoms with E-state index in [4.69, 9.17) is 16.6 Å². The molecule has 0 radical (unpaired) electrons. The van der Waals surface area contributed by atoms with E-state index in [1.54, 1.807) is 0 Å². The van der Waals surface area contributed by atoms with Crippen LogP contribution >= 0.6 is 23.4 Å². The number of aromatic nitrogens is 3. The molecule has 21 heavy (non-hydrogen) atoms. The van der Waals surface area contributed by atoms with Crippen LogP contribution in [0.3, 0.4) is 0 Å². The number of alkyl halides is 1. The largest absolute Gasteiger partial charge is 0.326 e. The summed E-state index contributed by atoms with van der Waals surface area (Å²) in [7, 11) is 0. The fourth-order valence-electron chi connectivity index (χ4n) is 2.68. The smallest absolute Gasteiger partial charge is 0.127 e. The molecule has 1 unspecified atom stereocenters. The van der Waals surface area contributed by atoms with Crippen LogP contribution in [0.1, 0.15) is 24.5 Å². The van der Waals surface area contributed by atoms with Crippen molar-refractivity contribution in [2.75, 3.05) is 12.0 Å². The highest BCUT2D eigenvalue weighted by atomic mass is 35.5. The molecule has 0 fully saturated rings. The lowest BCUT2D eigenvalue weighted by atomic mass is 10.2. The molecule has 0 spiro atoms. The van der Waals surface area contributed by atoms with Gasteiger partial charge in [0.05, 0.1) is 22.6 Å². The Kier molecular flexibility index (Phi) is 4.36. The lowest BCUT2D eigenvalue weighted by Crippen LogP contribution is -2.05. The van der Waals surface area contributed by atoms with E-state index in [9.17, 15) is 0 Å². The highest BCUT2D eigenvalue weighted by molar-refractivity contribution is 7.98. The van der Waals surface area contributed by atoms with E-state index in [1.165, 1.54) is 0 Å². The minimum Gasteiger partial charge on any atom is -0.326 e. The first-order valence-corrected chi connectivity index (χ1v) is 8.92. The molecular formula is C16H18ClN3S. The van der Waals surface area contributed by atoms with Crippen molar-refractivity contribution in [2.24, 2.45) is 0 Å². The Morgan fingerprint density at radius 1 is 1.29 bits per heavy atom. The van der Waals surface area contributed by atoms with Crippen LogP contribution in [0.2, 0.25) is 0 Å². The summed E-state index contributed by atoms with van der Waals surface area (Å²) in [6.45, 7) is 2.92. The van der Waals surface area contributed by atoms with Crippen molar-refractivity contribution in [2.45, 2.75) is 25.3 Å². The highest BCUT2D eigenvalue weighted by Gasteiger charge is 2.17. The van der Waals surface area contributed by atoms with Crippen molar-refractivity contribution in [3.63, 3.8) is 0 Å². The van der Waals surface area contributed by atoms with Crippen LogP contribution in [0.5, 0.6) is 0 Å². The molecule has 5 heteroatoms. The summed E-state index contributed by atoms with van der Waals surface area (Å²) in [5.41, 5.74) is 3.09. The first-order chi connectivity index (χ1) is 10.2. The van der Waals surface area contributed by atoms with E-state index in [-0.39, 0.29) is 5.38 Å². The monoisotopic (exact) mass is 319 g/mol. The Labute approximate surface area is 133 Å². The summed E-state index contributed by atoms with van der Waals surface area (Å²) in [5, 5.41) is 1.04. The van der Waals surface area contributed by atoms with Crippen LogP contribution in [0.15, 0.2) is 30.5 Å². The van der Waals surface area contributed by atoms with Gasteiger partial charge < -0.3 is 4.57 Å². The van der Waals surface area contributed by atoms with Gasteiger partial charge in [-0.3, -0.25) is 4.98 Å². The molecule has 0 N–H and O–H groups in total.